The molecule has 4 atom stereocenters. The van der Waals surface area contributed by atoms with Crippen molar-refractivity contribution in [2.24, 2.45) is 5.41 Å². The zero-order valence-corrected chi connectivity index (χ0v) is 21.3. The zero-order chi connectivity index (χ0) is 25.9. The lowest BCUT2D eigenvalue weighted by molar-refractivity contribution is -0.142. The first-order valence-corrected chi connectivity index (χ1v) is 12.3. The number of amides is 2. The van der Waals surface area contributed by atoms with Crippen LogP contribution < -0.4 is 15.5 Å². The molecule has 2 amide bonds. The van der Waals surface area contributed by atoms with Crippen LogP contribution in [-0.2, 0) is 20.9 Å². The molecule has 0 bridgehead atoms. The van der Waals surface area contributed by atoms with Crippen LogP contribution in [-0.4, -0.2) is 77.6 Å². The highest BCUT2D eigenvalue weighted by atomic mass is 19.1. The number of likely N-dealkylation sites (tertiary alicyclic amines) is 1. The van der Waals surface area contributed by atoms with Crippen molar-refractivity contribution in [3.63, 3.8) is 0 Å². The molecule has 36 heavy (non-hydrogen) atoms. The number of aromatic nitrogens is 2. The Morgan fingerprint density at radius 1 is 1.19 bits per heavy atom. The minimum absolute atomic E-state index is 0.0109. The Labute approximate surface area is 211 Å². The Morgan fingerprint density at radius 2 is 1.89 bits per heavy atom. The molecule has 1 aromatic heterocycles. The van der Waals surface area contributed by atoms with E-state index >= 15 is 0 Å². The van der Waals surface area contributed by atoms with Gasteiger partial charge in [-0.15, -0.1) is 0 Å². The van der Waals surface area contributed by atoms with Gasteiger partial charge in [-0.1, -0.05) is 32.9 Å². The lowest BCUT2D eigenvalue weighted by atomic mass is 9.85. The first kappa shape index (κ1) is 26.0. The lowest BCUT2D eigenvalue weighted by Crippen LogP contribution is -2.58. The Morgan fingerprint density at radius 3 is 2.53 bits per heavy atom. The molecule has 2 aliphatic rings. The molecule has 10 heteroatoms. The summed E-state index contributed by atoms with van der Waals surface area (Å²) in [5.74, 6) is -0.0420. The van der Waals surface area contributed by atoms with E-state index in [1.54, 1.807) is 37.6 Å². The third-order valence-corrected chi connectivity index (χ3v) is 6.80. The maximum Gasteiger partial charge on any atom is 0.246 e. The fourth-order valence-electron chi connectivity index (χ4n) is 5.07. The van der Waals surface area contributed by atoms with E-state index in [9.17, 15) is 14.0 Å². The Bertz CT molecular complexity index is 1050. The second kappa shape index (κ2) is 10.9. The van der Waals surface area contributed by atoms with Gasteiger partial charge >= 0.3 is 0 Å². The number of carbonyl (C=O) groups excluding carboxylic acids is 2. The first-order valence-electron chi connectivity index (χ1n) is 12.3. The fraction of sp³-hybridized carbons (Fsp3) is 0.538. The number of likely N-dealkylation sites (N-methyl/N-ethyl adjacent to an activating group) is 1. The van der Waals surface area contributed by atoms with Gasteiger partial charge in [-0.2, -0.15) is 0 Å². The van der Waals surface area contributed by atoms with Crippen LogP contribution >= 0.6 is 0 Å². The second-order valence-electron chi connectivity index (χ2n) is 10.5. The second-order valence-corrected chi connectivity index (χ2v) is 10.5. The van der Waals surface area contributed by atoms with Crippen molar-refractivity contribution in [1.82, 2.24) is 25.5 Å². The van der Waals surface area contributed by atoms with E-state index in [-0.39, 0.29) is 42.4 Å². The van der Waals surface area contributed by atoms with Gasteiger partial charge in [0, 0.05) is 25.5 Å². The molecule has 2 aromatic rings. The zero-order valence-electron chi connectivity index (χ0n) is 21.3. The van der Waals surface area contributed by atoms with Crippen LogP contribution in [0.2, 0.25) is 0 Å². The number of nitrogens with one attached hydrogen (secondary N) is 2. The van der Waals surface area contributed by atoms with Crippen LogP contribution in [0.3, 0.4) is 0 Å². The number of ether oxygens (including phenoxy) is 1. The van der Waals surface area contributed by atoms with Gasteiger partial charge in [-0.05, 0) is 42.6 Å². The molecule has 0 saturated carbocycles. The third-order valence-electron chi connectivity index (χ3n) is 6.80. The van der Waals surface area contributed by atoms with Gasteiger partial charge in [-0.25, -0.2) is 14.4 Å². The summed E-state index contributed by atoms with van der Waals surface area (Å²) < 4.78 is 19.7. The molecular formula is C26H35FN6O3. The Kier molecular flexibility index (Phi) is 7.85. The largest absolute Gasteiger partial charge is 0.369 e. The van der Waals surface area contributed by atoms with Gasteiger partial charge in [0.2, 0.25) is 17.8 Å². The summed E-state index contributed by atoms with van der Waals surface area (Å²) in [6, 6.07) is 7.06. The van der Waals surface area contributed by atoms with E-state index in [0.717, 1.165) is 12.0 Å². The van der Waals surface area contributed by atoms with Gasteiger partial charge in [0.15, 0.2) is 0 Å². The van der Waals surface area contributed by atoms with Gasteiger partial charge in [0.25, 0.3) is 0 Å². The molecule has 4 unspecified atom stereocenters. The minimum Gasteiger partial charge on any atom is -0.369 e. The number of rotatable bonds is 8. The molecule has 0 radical (unpaired) electrons. The van der Waals surface area contributed by atoms with Crippen molar-refractivity contribution >= 4 is 17.8 Å². The normalized spacial score (nSPS) is 22.4. The lowest BCUT2D eigenvalue weighted by Gasteiger charge is -2.36. The first-order chi connectivity index (χ1) is 17.2. The summed E-state index contributed by atoms with van der Waals surface area (Å²) in [5, 5.41) is 5.76. The van der Waals surface area contributed by atoms with Crippen molar-refractivity contribution in [2.75, 3.05) is 31.6 Å². The standard InChI is InChI=1S/C26H35FN6O3/c1-26(2,3)23(31-21(34)14-28-4)24(35)32-13-10-19-22(32)20(15-33(19)25-29-11-5-12-30-25)36-16-17-6-8-18(27)9-7-17/h5-9,11-12,19-20,22-23,28H,10,13-16H2,1-4H3,(H,31,34). The average Bonchev–Trinajstić information content (AvgIpc) is 3.43. The molecule has 1 aromatic carbocycles. The maximum atomic E-state index is 13.9. The van der Waals surface area contributed by atoms with Crippen LogP contribution in [0.25, 0.3) is 0 Å². The van der Waals surface area contributed by atoms with Crippen molar-refractivity contribution in [3.8, 4) is 0 Å². The topological polar surface area (TPSA) is 99.7 Å². The maximum absolute atomic E-state index is 13.9. The van der Waals surface area contributed by atoms with Crippen LogP contribution in [0.1, 0.15) is 32.8 Å². The number of anilines is 1. The molecule has 194 valence electrons. The third kappa shape index (κ3) is 5.65. The van der Waals surface area contributed by atoms with E-state index in [0.29, 0.717) is 25.6 Å². The summed E-state index contributed by atoms with van der Waals surface area (Å²) in [6.07, 6.45) is 3.85. The van der Waals surface area contributed by atoms with E-state index in [2.05, 4.69) is 25.5 Å². The van der Waals surface area contributed by atoms with Crippen molar-refractivity contribution in [2.45, 2.75) is 58.0 Å². The molecule has 2 N–H and O–H groups in total. The smallest absolute Gasteiger partial charge is 0.246 e. The predicted molar refractivity (Wildman–Crippen MR) is 134 cm³/mol. The van der Waals surface area contributed by atoms with Crippen molar-refractivity contribution < 1.29 is 18.7 Å². The number of fused-ring (bicyclic) bond motifs is 1. The van der Waals surface area contributed by atoms with Crippen molar-refractivity contribution in [1.29, 1.82) is 0 Å². The molecule has 0 spiro atoms. The summed E-state index contributed by atoms with van der Waals surface area (Å²) >= 11 is 0. The van der Waals surface area contributed by atoms with Crippen LogP contribution in [0.4, 0.5) is 10.3 Å². The quantitative estimate of drug-likeness (QED) is 0.572. The van der Waals surface area contributed by atoms with Crippen molar-refractivity contribution in [3.05, 3.63) is 54.1 Å². The van der Waals surface area contributed by atoms with Gasteiger partial charge < -0.3 is 25.2 Å². The van der Waals surface area contributed by atoms with Gasteiger partial charge in [0.05, 0.1) is 31.3 Å². The number of halogens is 1. The molecule has 3 heterocycles. The highest BCUT2D eigenvalue weighted by molar-refractivity contribution is 5.89. The fourth-order valence-corrected chi connectivity index (χ4v) is 5.07. The van der Waals surface area contributed by atoms with E-state index in [4.69, 9.17) is 4.74 Å². The molecule has 2 saturated heterocycles. The highest BCUT2D eigenvalue weighted by Gasteiger charge is 2.53. The number of hydrogen-bond donors (Lipinski definition) is 2. The van der Waals surface area contributed by atoms with Crippen LogP contribution in [0.5, 0.6) is 0 Å². The summed E-state index contributed by atoms with van der Waals surface area (Å²) in [5.41, 5.74) is 0.370. The monoisotopic (exact) mass is 498 g/mol. The van der Waals surface area contributed by atoms with E-state index in [1.165, 1.54) is 12.1 Å². The molecular weight excluding hydrogens is 463 g/mol. The molecule has 9 nitrogen and oxygen atoms in total. The van der Waals surface area contributed by atoms with Gasteiger partial charge in [-0.3, -0.25) is 9.59 Å². The molecule has 4 rings (SSSR count). The summed E-state index contributed by atoms with van der Waals surface area (Å²) in [7, 11) is 1.69. The average molecular weight is 499 g/mol. The molecule has 2 aliphatic heterocycles. The number of carbonyl (C=O) groups is 2. The number of hydrogen-bond acceptors (Lipinski definition) is 7. The van der Waals surface area contributed by atoms with E-state index in [1.807, 2.05) is 25.7 Å². The van der Waals surface area contributed by atoms with Crippen LogP contribution in [0.15, 0.2) is 42.7 Å². The Hall–Kier alpha value is -3.11. The molecule has 0 aliphatic carbocycles. The summed E-state index contributed by atoms with van der Waals surface area (Å²) in [6.45, 7) is 7.34. The summed E-state index contributed by atoms with van der Waals surface area (Å²) in [4.78, 5) is 39.2. The number of benzene rings is 1. The minimum atomic E-state index is -0.683. The van der Waals surface area contributed by atoms with Crippen LogP contribution in [0, 0.1) is 11.2 Å². The Balaban J connectivity index is 1.58. The predicted octanol–water partition coefficient (Wildman–Crippen LogP) is 1.74. The molecule has 2 fully saturated rings. The van der Waals surface area contributed by atoms with Gasteiger partial charge in [0.1, 0.15) is 11.9 Å². The number of nitrogens with zero attached hydrogens (tertiary/aromatic N) is 4. The SMILES string of the molecule is CNCC(=O)NC(C(=O)N1CCC2C1C(OCc1ccc(F)cc1)CN2c1ncccn1)C(C)(C)C. The van der Waals surface area contributed by atoms with E-state index < -0.39 is 11.5 Å². The highest BCUT2D eigenvalue weighted by Crippen LogP contribution is 2.37.